The molecule has 0 spiro atoms. The summed E-state index contributed by atoms with van der Waals surface area (Å²) in [7, 11) is 1.61. The zero-order chi connectivity index (χ0) is 25.0. The molecule has 0 bridgehead atoms. The standard InChI is InChI=1S/C27H25N3O5/c1-27(2,33)13-11-18-9-10-24-23(15-18)30(3)26(32)22(17-34-24)29-25(31)21-16-20(12-14-28-21)35-19-7-5-4-6-8-19/h4-10,12,14-16,22,33H,17H2,1-3H3,(H,29,31). The highest BCUT2D eigenvalue weighted by Crippen LogP contribution is 2.31. The van der Waals surface area contributed by atoms with Gasteiger partial charge in [-0.2, -0.15) is 0 Å². The van der Waals surface area contributed by atoms with Gasteiger partial charge in [0.1, 0.15) is 41.2 Å². The van der Waals surface area contributed by atoms with Gasteiger partial charge in [-0.1, -0.05) is 30.0 Å². The molecule has 0 saturated heterocycles. The maximum Gasteiger partial charge on any atom is 0.270 e. The van der Waals surface area contributed by atoms with Crippen molar-refractivity contribution in [1.82, 2.24) is 10.3 Å². The van der Waals surface area contributed by atoms with Crippen LogP contribution in [-0.2, 0) is 4.79 Å². The number of ether oxygens (including phenoxy) is 2. The summed E-state index contributed by atoms with van der Waals surface area (Å²) in [5, 5.41) is 12.6. The van der Waals surface area contributed by atoms with E-state index in [9.17, 15) is 14.7 Å². The van der Waals surface area contributed by atoms with Crippen molar-refractivity contribution in [1.29, 1.82) is 0 Å². The van der Waals surface area contributed by atoms with E-state index in [1.807, 2.05) is 18.2 Å². The number of likely N-dealkylation sites (N-methyl/N-ethyl adjacent to an activating group) is 1. The Morgan fingerprint density at radius 1 is 1.17 bits per heavy atom. The van der Waals surface area contributed by atoms with Gasteiger partial charge < -0.3 is 24.8 Å². The lowest BCUT2D eigenvalue weighted by molar-refractivity contribution is -0.120. The molecule has 1 aliphatic heterocycles. The first-order chi connectivity index (χ1) is 16.7. The van der Waals surface area contributed by atoms with Gasteiger partial charge in [0.05, 0.1) is 5.69 Å². The monoisotopic (exact) mass is 471 g/mol. The SMILES string of the molecule is CN1C(=O)C(NC(=O)c2cc(Oc3ccccc3)ccn2)COc2ccc(C#CC(C)(C)O)cc21. The number of hydrogen-bond acceptors (Lipinski definition) is 6. The number of pyridine rings is 1. The van der Waals surface area contributed by atoms with E-state index >= 15 is 0 Å². The number of para-hydroxylation sites is 1. The van der Waals surface area contributed by atoms with Gasteiger partial charge in [0.25, 0.3) is 11.8 Å². The molecule has 3 aromatic rings. The second-order valence-corrected chi connectivity index (χ2v) is 8.52. The van der Waals surface area contributed by atoms with Crippen LogP contribution in [0.5, 0.6) is 17.2 Å². The molecule has 2 aromatic carbocycles. The fourth-order valence-corrected chi connectivity index (χ4v) is 3.36. The lowest BCUT2D eigenvalue weighted by Crippen LogP contribution is -2.49. The van der Waals surface area contributed by atoms with Crippen LogP contribution in [0.3, 0.4) is 0 Å². The molecule has 8 heteroatoms. The van der Waals surface area contributed by atoms with Crippen molar-refractivity contribution >= 4 is 17.5 Å². The number of carbonyl (C=O) groups is 2. The van der Waals surface area contributed by atoms with E-state index in [2.05, 4.69) is 22.1 Å². The van der Waals surface area contributed by atoms with Crippen LogP contribution in [0.4, 0.5) is 5.69 Å². The van der Waals surface area contributed by atoms with Crippen molar-refractivity contribution in [3.63, 3.8) is 0 Å². The van der Waals surface area contributed by atoms with Crippen LogP contribution in [0.25, 0.3) is 0 Å². The maximum absolute atomic E-state index is 13.1. The number of aromatic nitrogens is 1. The van der Waals surface area contributed by atoms with Crippen molar-refractivity contribution in [2.45, 2.75) is 25.5 Å². The zero-order valence-electron chi connectivity index (χ0n) is 19.6. The van der Waals surface area contributed by atoms with E-state index < -0.39 is 17.6 Å². The predicted octanol–water partition coefficient (Wildman–Crippen LogP) is 3.15. The summed E-state index contributed by atoms with van der Waals surface area (Å²) >= 11 is 0. The zero-order valence-corrected chi connectivity index (χ0v) is 19.6. The van der Waals surface area contributed by atoms with Crippen LogP contribution < -0.4 is 19.7 Å². The molecule has 2 heterocycles. The first-order valence-electron chi connectivity index (χ1n) is 11.0. The lowest BCUT2D eigenvalue weighted by atomic mass is 10.1. The van der Waals surface area contributed by atoms with Crippen LogP contribution >= 0.6 is 0 Å². The molecule has 35 heavy (non-hydrogen) atoms. The fourth-order valence-electron chi connectivity index (χ4n) is 3.36. The molecule has 0 radical (unpaired) electrons. The van der Waals surface area contributed by atoms with Crippen LogP contribution in [-0.4, -0.2) is 47.2 Å². The highest BCUT2D eigenvalue weighted by molar-refractivity contribution is 6.03. The van der Waals surface area contributed by atoms with Crippen molar-refractivity contribution in [2.75, 3.05) is 18.6 Å². The summed E-state index contributed by atoms with van der Waals surface area (Å²) in [5.74, 6) is 6.33. The Labute approximate surface area is 203 Å². The topological polar surface area (TPSA) is 101 Å². The van der Waals surface area contributed by atoms with Gasteiger partial charge in [0, 0.05) is 24.9 Å². The molecular weight excluding hydrogens is 446 g/mol. The third-order valence-corrected chi connectivity index (χ3v) is 5.12. The molecule has 8 nitrogen and oxygen atoms in total. The third-order valence-electron chi connectivity index (χ3n) is 5.12. The third kappa shape index (κ3) is 5.96. The van der Waals surface area contributed by atoms with Gasteiger partial charge in [-0.3, -0.25) is 14.6 Å². The summed E-state index contributed by atoms with van der Waals surface area (Å²) in [6.45, 7) is 3.14. The van der Waals surface area contributed by atoms with Crippen LogP contribution in [0.1, 0.15) is 29.9 Å². The smallest absolute Gasteiger partial charge is 0.270 e. The van der Waals surface area contributed by atoms with Crippen LogP contribution in [0.2, 0.25) is 0 Å². The summed E-state index contributed by atoms with van der Waals surface area (Å²) in [4.78, 5) is 31.5. The molecule has 1 aromatic heterocycles. The first-order valence-corrected chi connectivity index (χ1v) is 11.0. The van der Waals surface area contributed by atoms with E-state index in [1.54, 1.807) is 57.3 Å². The van der Waals surface area contributed by atoms with E-state index in [-0.39, 0.29) is 18.2 Å². The minimum absolute atomic E-state index is 0.0448. The Bertz CT molecular complexity index is 1310. The van der Waals surface area contributed by atoms with E-state index in [0.29, 0.717) is 28.5 Å². The van der Waals surface area contributed by atoms with Gasteiger partial charge in [-0.15, -0.1) is 0 Å². The summed E-state index contributed by atoms with van der Waals surface area (Å²) in [6, 6.07) is 16.6. The Morgan fingerprint density at radius 2 is 1.94 bits per heavy atom. The molecule has 0 saturated carbocycles. The van der Waals surface area contributed by atoms with Crippen molar-refractivity contribution in [2.24, 2.45) is 0 Å². The van der Waals surface area contributed by atoms with Crippen molar-refractivity contribution < 1.29 is 24.2 Å². The lowest BCUT2D eigenvalue weighted by Gasteiger charge is -2.20. The van der Waals surface area contributed by atoms with E-state index in [4.69, 9.17) is 9.47 Å². The Balaban J connectivity index is 1.48. The maximum atomic E-state index is 13.1. The molecular formula is C27H25N3O5. The van der Waals surface area contributed by atoms with Gasteiger partial charge in [-0.25, -0.2) is 0 Å². The van der Waals surface area contributed by atoms with Crippen LogP contribution in [0, 0.1) is 11.8 Å². The Kier molecular flexibility index (Phi) is 6.71. The number of fused-ring (bicyclic) bond motifs is 1. The van der Waals surface area contributed by atoms with Crippen molar-refractivity contribution in [3.05, 3.63) is 78.1 Å². The quantitative estimate of drug-likeness (QED) is 0.567. The minimum Gasteiger partial charge on any atom is -0.489 e. The molecule has 4 rings (SSSR count). The number of aliphatic hydroxyl groups is 1. The molecule has 0 fully saturated rings. The van der Waals surface area contributed by atoms with Crippen LogP contribution in [0.15, 0.2) is 66.9 Å². The predicted molar refractivity (Wildman–Crippen MR) is 131 cm³/mol. The fraction of sp³-hybridized carbons (Fsp3) is 0.222. The molecule has 0 aliphatic carbocycles. The number of rotatable bonds is 4. The summed E-state index contributed by atoms with van der Waals surface area (Å²) in [5.41, 5.74) is 0.110. The summed E-state index contributed by atoms with van der Waals surface area (Å²) < 4.78 is 11.6. The second-order valence-electron chi connectivity index (χ2n) is 8.52. The number of anilines is 1. The molecule has 2 amide bonds. The van der Waals surface area contributed by atoms with E-state index in [1.165, 1.54) is 17.2 Å². The number of hydrogen-bond donors (Lipinski definition) is 2. The Hall–Kier alpha value is -4.35. The molecule has 1 atom stereocenters. The highest BCUT2D eigenvalue weighted by Gasteiger charge is 2.31. The van der Waals surface area contributed by atoms with Crippen molar-refractivity contribution in [3.8, 4) is 29.1 Å². The Morgan fingerprint density at radius 3 is 2.69 bits per heavy atom. The van der Waals surface area contributed by atoms with Gasteiger partial charge in [-0.05, 0) is 50.2 Å². The average molecular weight is 472 g/mol. The molecule has 1 unspecified atom stereocenters. The molecule has 178 valence electrons. The highest BCUT2D eigenvalue weighted by atomic mass is 16.5. The molecule has 1 aliphatic rings. The number of benzene rings is 2. The number of nitrogens with zero attached hydrogens (tertiary/aromatic N) is 2. The van der Waals surface area contributed by atoms with Gasteiger partial charge in [0.2, 0.25) is 0 Å². The average Bonchev–Trinajstić information content (AvgIpc) is 2.95. The summed E-state index contributed by atoms with van der Waals surface area (Å²) in [6.07, 6.45) is 1.47. The van der Waals surface area contributed by atoms with Gasteiger partial charge >= 0.3 is 0 Å². The number of amides is 2. The van der Waals surface area contributed by atoms with Gasteiger partial charge in [0.15, 0.2) is 0 Å². The number of carbonyl (C=O) groups excluding carboxylic acids is 2. The number of nitrogens with one attached hydrogen (secondary N) is 1. The van der Waals surface area contributed by atoms with E-state index in [0.717, 1.165) is 0 Å². The largest absolute Gasteiger partial charge is 0.489 e. The first kappa shape index (κ1) is 23.8. The molecule has 2 N–H and O–H groups in total. The minimum atomic E-state index is -1.14. The second kappa shape index (κ2) is 9.87. The normalized spacial score (nSPS) is 15.1.